The average Bonchev–Trinajstić information content (AvgIpc) is 2.01. The van der Waals surface area contributed by atoms with Crippen molar-refractivity contribution in [3.05, 3.63) is 0 Å². The van der Waals surface area contributed by atoms with Crippen LogP contribution in [0.5, 0.6) is 0 Å². The van der Waals surface area contributed by atoms with Crippen LogP contribution >= 0.6 is 0 Å². The molecule has 0 aromatic heterocycles. The van der Waals surface area contributed by atoms with Crippen LogP contribution < -0.4 is 5.32 Å². The van der Waals surface area contributed by atoms with Crippen LogP contribution in [0.4, 0.5) is 0 Å². The topological polar surface area (TPSA) is 15.3 Å². The Bertz CT molecular complexity index is 170. The third-order valence-corrected chi connectivity index (χ3v) is 2.94. The van der Waals surface area contributed by atoms with E-state index in [0.717, 1.165) is 0 Å². The molecule has 1 aliphatic heterocycles. The van der Waals surface area contributed by atoms with Crippen molar-refractivity contribution < 1.29 is 0 Å². The van der Waals surface area contributed by atoms with E-state index in [1.54, 1.807) is 0 Å². The Morgan fingerprint density at radius 2 is 1.93 bits per heavy atom. The van der Waals surface area contributed by atoms with Gasteiger partial charge >= 0.3 is 0 Å². The smallest absolute Gasteiger partial charge is 0.0198 e. The van der Waals surface area contributed by atoms with Crippen LogP contribution in [-0.4, -0.2) is 35.6 Å². The maximum atomic E-state index is 3.64. The Kier molecular flexibility index (Phi) is 3.96. The van der Waals surface area contributed by atoms with Gasteiger partial charge in [0.15, 0.2) is 0 Å². The molecule has 0 radical (unpaired) electrons. The summed E-state index contributed by atoms with van der Waals surface area (Å²) < 4.78 is 0. The lowest BCUT2D eigenvalue weighted by Crippen LogP contribution is -2.53. The van der Waals surface area contributed by atoms with E-state index in [1.807, 2.05) is 0 Å². The van der Waals surface area contributed by atoms with Crippen molar-refractivity contribution in [3.8, 4) is 0 Å². The number of nitrogens with zero attached hydrogens (tertiary/aromatic N) is 1. The van der Waals surface area contributed by atoms with Crippen molar-refractivity contribution in [2.75, 3.05) is 13.1 Å². The van der Waals surface area contributed by atoms with Gasteiger partial charge < -0.3 is 5.32 Å². The number of piperidine rings is 1. The van der Waals surface area contributed by atoms with Crippen molar-refractivity contribution in [1.29, 1.82) is 0 Å². The lowest BCUT2D eigenvalue weighted by atomic mass is 9.98. The summed E-state index contributed by atoms with van der Waals surface area (Å²) in [7, 11) is 0. The van der Waals surface area contributed by atoms with Gasteiger partial charge in [-0.1, -0.05) is 13.8 Å². The number of likely N-dealkylation sites (tertiary alicyclic amines) is 1. The van der Waals surface area contributed by atoms with E-state index >= 15 is 0 Å². The standard InChI is InChI=1S/C12H26N2/c1-10(2)13-11-7-6-8-14(9-11)12(3,4)5/h10-11,13H,6-9H2,1-5H3. The zero-order valence-electron chi connectivity index (χ0n) is 10.4. The Balaban J connectivity index is 2.44. The van der Waals surface area contributed by atoms with Crippen LogP contribution in [0, 0.1) is 0 Å². The van der Waals surface area contributed by atoms with Crippen LogP contribution in [0.1, 0.15) is 47.5 Å². The maximum Gasteiger partial charge on any atom is 0.0198 e. The van der Waals surface area contributed by atoms with Crippen LogP contribution in [0.3, 0.4) is 0 Å². The first kappa shape index (κ1) is 12.0. The molecular weight excluding hydrogens is 172 g/mol. The zero-order chi connectivity index (χ0) is 10.8. The SMILES string of the molecule is CC(C)NC1CCCN(C(C)(C)C)C1. The normalized spacial score (nSPS) is 25.7. The second-order valence-corrected chi connectivity index (χ2v) is 5.78. The van der Waals surface area contributed by atoms with Crippen molar-refractivity contribution in [2.45, 2.75) is 65.1 Å². The third-order valence-electron chi connectivity index (χ3n) is 2.94. The second kappa shape index (κ2) is 4.63. The van der Waals surface area contributed by atoms with E-state index in [1.165, 1.54) is 25.9 Å². The molecule has 0 aliphatic carbocycles. The summed E-state index contributed by atoms with van der Waals surface area (Å²) in [6.07, 6.45) is 2.67. The van der Waals surface area contributed by atoms with Crippen LogP contribution in [0.2, 0.25) is 0 Å². The number of hydrogen-bond donors (Lipinski definition) is 1. The number of hydrogen-bond acceptors (Lipinski definition) is 2. The summed E-state index contributed by atoms with van der Waals surface area (Å²) >= 11 is 0. The fourth-order valence-electron chi connectivity index (χ4n) is 2.19. The zero-order valence-corrected chi connectivity index (χ0v) is 10.4. The quantitative estimate of drug-likeness (QED) is 0.732. The fourth-order valence-corrected chi connectivity index (χ4v) is 2.19. The molecule has 1 aliphatic rings. The van der Waals surface area contributed by atoms with Crippen molar-refractivity contribution in [3.63, 3.8) is 0 Å². The van der Waals surface area contributed by atoms with Gasteiger partial charge in [0.25, 0.3) is 0 Å². The van der Waals surface area contributed by atoms with Crippen LogP contribution in [0.25, 0.3) is 0 Å². The summed E-state index contributed by atoms with van der Waals surface area (Å²) in [6, 6.07) is 1.31. The highest BCUT2D eigenvalue weighted by Crippen LogP contribution is 2.20. The fraction of sp³-hybridized carbons (Fsp3) is 1.00. The second-order valence-electron chi connectivity index (χ2n) is 5.78. The Morgan fingerprint density at radius 1 is 1.29 bits per heavy atom. The minimum Gasteiger partial charge on any atom is -0.311 e. The monoisotopic (exact) mass is 198 g/mol. The molecule has 0 amide bonds. The molecule has 0 saturated carbocycles. The van der Waals surface area contributed by atoms with Gasteiger partial charge in [-0.15, -0.1) is 0 Å². The van der Waals surface area contributed by atoms with E-state index < -0.39 is 0 Å². The van der Waals surface area contributed by atoms with Gasteiger partial charge in [0, 0.05) is 24.2 Å². The van der Waals surface area contributed by atoms with Gasteiger partial charge in [0.05, 0.1) is 0 Å². The molecule has 14 heavy (non-hydrogen) atoms. The van der Waals surface area contributed by atoms with Gasteiger partial charge in [0.2, 0.25) is 0 Å². The molecule has 84 valence electrons. The minimum absolute atomic E-state index is 0.331. The number of nitrogens with one attached hydrogen (secondary N) is 1. The predicted molar refractivity (Wildman–Crippen MR) is 62.6 cm³/mol. The van der Waals surface area contributed by atoms with E-state index in [0.29, 0.717) is 17.6 Å². The molecule has 2 nitrogen and oxygen atoms in total. The van der Waals surface area contributed by atoms with Crippen molar-refractivity contribution >= 4 is 0 Å². The average molecular weight is 198 g/mol. The molecule has 1 heterocycles. The largest absolute Gasteiger partial charge is 0.311 e. The molecule has 0 aromatic rings. The van der Waals surface area contributed by atoms with Crippen molar-refractivity contribution in [1.82, 2.24) is 10.2 Å². The first-order chi connectivity index (χ1) is 6.39. The molecule has 2 heteroatoms. The van der Waals surface area contributed by atoms with Gasteiger partial charge in [-0.25, -0.2) is 0 Å². The summed E-state index contributed by atoms with van der Waals surface area (Å²) in [4.78, 5) is 2.59. The Labute approximate surface area is 89.1 Å². The van der Waals surface area contributed by atoms with E-state index in [4.69, 9.17) is 0 Å². The number of rotatable bonds is 2. The lowest BCUT2D eigenvalue weighted by Gasteiger charge is -2.42. The highest BCUT2D eigenvalue weighted by Gasteiger charge is 2.27. The molecule has 1 N–H and O–H groups in total. The van der Waals surface area contributed by atoms with E-state index in [9.17, 15) is 0 Å². The van der Waals surface area contributed by atoms with Gasteiger partial charge in [-0.2, -0.15) is 0 Å². The molecule has 1 unspecified atom stereocenters. The summed E-state index contributed by atoms with van der Waals surface area (Å²) in [5, 5.41) is 3.64. The first-order valence-electron chi connectivity index (χ1n) is 5.90. The first-order valence-corrected chi connectivity index (χ1v) is 5.90. The lowest BCUT2D eigenvalue weighted by molar-refractivity contribution is 0.0885. The maximum absolute atomic E-state index is 3.64. The summed E-state index contributed by atoms with van der Waals surface area (Å²) in [5.41, 5.74) is 0.331. The third kappa shape index (κ3) is 3.58. The molecule has 1 atom stereocenters. The Morgan fingerprint density at radius 3 is 2.43 bits per heavy atom. The Hall–Kier alpha value is -0.0800. The molecule has 1 saturated heterocycles. The van der Waals surface area contributed by atoms with Gasteiger partial charge in [-0.05, 0) is 40.2 Å². The van der Waals surface area contributed by atoms with Crippen molar-refractivity contribution in [2.24, 2.45) is 0 Å². The molecule has 0 spiro atoms. The molecular formula is C12H26N2. The minimum atomic E-state index is 0.331. The molecule has 1 fully saturated rings. The predicted octanol–water partition coefficient (Wildman–Crippen LogP) is 2.25. The van der Waals surface area contributed by atoms with Gasteiger partial charge in [-0.3, -0.25) is 4.90 Å². The van der Waals surface area contributed by atoms with E-state index in [-0.39, 0.29) is 0 Å². The molecule has 0 aromatic carbocycles. The highest BCUT2D eigenvalue weighted by molar-refractivity contribution is 4.85. The summed E-state index contributed by atoms with van der Waals surface area (Å²) in [5.74, 6) is 0. The van der Waals surface area contributed by atoms with Crippen LogP contribution in [0.15, 0.2) is 0 Å². The van der Waals surface area contributed by atoms with Gasteiger partial charge in [0.1, 0.15) is 0 Å². The summed E-state index contributed by atoms with van der Waals surface area (Å²) in [6.45, 7) is 13.9. The highest BCUT2D eigenvalue weighted by atomic mass is 15.2. The van der Waals surface area contributed by atoms with Crippen LogP contribution in [-0.2, 0) is 0 Å². The molecule has 0 bridgehead atoms. The molecule has 1 rings (SSSR count). The van der Waals surface area contributed by atoms with E-state index in [2.05, 4.69) is 44.8 Å².